The second kappa shape index (κ2) is 11.9. The Morgan fingerprint density at radius 3 is 2.79 bits per heavy atom. The molecule has 1 aromatic heterocycles. The number of rotatable bonds is 8. The van der Waals surface area contributed by atoms with Gasteiger partial charge in [0.2, 0.25) is 0 Å². The van der Waals surface area contributed by atoms with E-state index >= 15 is 0 Å². The predicted molar refractivity (Wildman–Crippen MR) is 117 cm³/mol. The number of halogens is 2. The Hall–Kier alpha value is -2.00. The number of aromatic amines is 1. The van der Waals surface area contributed by atoms with Gasteiger partial charge in [0.25, 0.3) is 5.91 Å². The van der Waals surface area contributed by atoms with Crippen LogP contribution in [0.1, 0.15) is 27.3 Å². The van der Waals surface area contributed by atoms with E-state index in [0.717, 1.165) is 36.3 Å². The fourth-order valence-corrected chi connectivity index (χ4v) is 2.96. The fourth-order valence-electron chi connectivity index (χ4n) is 2.96. The molecule has 3 N–H and O–H groups in total. The maximum atomic E-state index is 12.5. The van der Waals surface area contributed by atoms with Gasteiger partial charge in [-0.3, -0.25) is 9.89 Å². The molecule has 29 heavy (non-hydrogen) atoms. The fraction of sp³-hybridized carbons (Fsp3) is 0.474. The van der Waals surface area contributed by atoms with Crippen LogP contribution in [-0.4, -0.2) is 61.9 Å². The number of methoxy groups -OCH3 is 1. The Balaban J connectivity index is 0.00000210. The third-order valence-corrected chi connectivity index (χ3v) is 4.50. The van der Waals surface area contributed by atoms with Gasteiger partial charge in [0, 0.05) is 43.9 Å². The van der Waals surface area contributed by atoms with Crippen molar-refractivity contribution < 1.29 is 14.3 Å². The molecule has 0 spiro atoms. The topological polar surface area (TPSA) is 91.5 Å². The molecule has 0 atom stereocenters. The van der Waals surface area contributed by atoms with Crippen molar-refractivity contribution >= 4 is 30.7 Å². The van der Waals surface area contributed by atoms with Gasteiger partial charge in [-0.2, -0.15) is 5.10 Å². The summed E-state index contributed by atoms with van der Waals surface area (Å²) >= 11 is 0. The van der Waals surface area contributed by atoms with E-state index in [9.17, 15) is 4.79 Å². The lowest BCUT2D eigenvalue weighted by Gasteiger charge is -2.15. The molecule has 2 aromatic rings. The van der Waals surface area contributed by atoms with Crippen molar-refractivity contribution in [3.8, 4) is 11.5 Å². The van der Waals surface area contributed by atoms with Gasteiger partial charge in [-0.15, -0.1) is 24.8 Å². The number of ether oxygens (including phenoxy) is 2. The molecule has 2 heterocycles. The molecule has 1 aromatic carbocycles. The number of fused-ring (bicyclic) bond motifs is 1. The molecule has 0 bridgehead atoms. The van der Waals surface area contributed by atoms with Crippen LogP contribution >= 0.6 is 24.8 Å². The summed E-state index contributed by atoms with van der Waals surface area (Å²) < 4.78 is 11.2. The van der Waals surface area contributed by atoms with Crippen LogP contribution in [-0.2, 0) is 19.5 Å². The zero-order chi connectivity index (χ0) is 19.2. The van der Waals surface area contributed by atoms with Gasteiger partial charge >= 0.3 is 0 Å². The van der Waals surface area contributed by atoms with Gasteiger partial charge in [0.1, 0.15) is 6.61 Å². The molecule has 10 heteroatoms. The normalized spacial score (nSPS) is 12.4. The number of amides is 1. The van der Waals surface area contributed by atoms with Crippen LogP contribution in [0.2, 0.25) is 0 Å². The number of likely N-dealkylation sites (N-methyl/N-ethyl adjacent to an activating group) is 1. The van der Waals surface area contributed by atoms with E-state index in [0.29, 0.717) is 36.9 Å². The first kappa shape index (κ1) is 25.0. The Labute approximate surface area is 183 Å². The van der Waals surface area contributed by atoms with Gasteiger partial charge < -0.3 is 25.0 Å². The molecular weight excluding hydrogens is 417 g/mol. The molecule has 0 fully saturated rings. The van der Waals surface area contributed by atoms with E-state index in [2.05, 4.69) is 25.7 Å². The predicted octanol–water partition coefficient (Wildman–Crippen LogP) is 1.78. The number of nitrogens with one attached hydrogen (secondary N) is 3. The largest absolute Gasteiger partial charge is 0.493 e. The first-order valence-corrected chi connectivity index (χ1v) is 9.08. The average Bonchev–Trinajstić information content (AvgIpc) is 3.10. The maximum absolute atomic E-state index is 12.5. The molecule has 0 unspecified atom stereocenters. The number of benzene rings is 1. The van der Waals surface area contributed by atoms with Crippen molar-refractivity contribution in [2.24, 2.45) is 0 Å². The van der Waals surface area contributed by atoms with E-state index in [4.69, 9.17) is 9.47 Å². The Morgan fingerprint density at radius 1 is 1.28 bits per heavy atom. The van der Waals surface area contributed by atoms with Crippen molar-refractivity contribution in [2.75, 3.05) is 40.9 Å². The standard InChI is InChI=1S/C19H27N5O3.2ClH/c1-24(2)8-9-27-16-5-4-13(10-17(16)26-3)11-21-19(25)18-14-12-20-7-6-15(14)22-23-18;;/h4-5,10,20H,6-9,11-12H2,1-3H3,(H,21,25)(H,22,23);2*1H. The van der Waals surface area contributed by atoms with Gasteiger partial charge in [0.15, 0.2) is 17.2 Å². The number of H-pyrrole nitrogens is 1. The summed E-state index contributed by atoms with van der Waals surface area (Å²) in [6.07, 6.45) is 0.863. The lowest BCUT2D eigenvalue weighted by molar-refractivity contribution is 0.0944. The molecule has 162 valence electrons. The van der Waals surface area contributed by atoms with Gasteiger partial charge in [-0.1, -0.05) is 6.07 Å². The van der Waals surface area contributed by atoms with Crippen molar-refractivity contribution in [3.63, 3.8) is 0 Å². The van der Waals surface area contributed by atoms with E-state index in [1.807, 2.05) is 32.3 Å². The quantitative estimate of drug-likeness (QED) is 0.573. The minimum atomic E-state index is -0.179. The Kier molecular flexibility index (Phi) is 10.2. The number of hydrogen-bond acceptors (Lipinski definition) is 6. The number of hydrogen-bond donors (Lipinski definition) is 3. The van der Waals surface area contributed by atoms with Crippen LogP contribution < -0.4 is 20.1 Å². The molecule has 1 aliphatic rings. The van der Waals surface area contributed by atoms with Gasteiger partial charge in [-0.25, -0.2) is 0 Å². The average molecular weight is 446 g/mol. The zero-order valence-corrected chi connectivity index (χ0v) is 18.5. The second-order valence-electron chi connectivity index (χ2n) is 6.78. The van der Waals surface area contributed by atoms with Crippen molar-refractivity contribution in [1.29, 1.82) is 0 Å². The first-order valence-electron chi connectivity index (χ1n) is 9.08. The van der Waals surface area contributed by atoms with Gasteiger partial charge in [0.05, 0.1) is 7.11 Å². The monoisotopic (exact) mass is 445 g/mol. The summed E-state index contributed by atoms with van der Waals surface area (Å²) in [6, 6.07) is 5.68. The number of carbonyl (C=O) groups is 1. The third-order valence-electron chi connectivity index (χ3n) is 4.50. The molecular formula is C19H29Cl2N5O3. The van der Waals surface area contributed by atoms with E-state index < -0.39 is 0 Å². The highest BCUT2D eigenvalue weighted by atomic mass is 35.5. The number of nitrogens with zero attached hydrogens (tertiary/aromatic N) is 2. The summed E-state index contributed by atoms with van der Waals surface area (Å²) in [5.74, 6) is 1.17. The summed E-state index contributed by atoms with van der Waals surface area (Å²) in [7, 11) is 5.61. The Bertz CT molecular complexity index is 798. The number of aromatic nitrogens is 2. The lowest BCUT2D eigenvalue weighted by atomic mass is 10.1. The van der Waals surface area contributed by atoms with Crippen molar-refractivity contribution in [3.05, 3.63) is 40.7 Å². The molecule has 0 saturated heterocycles. The molecule has 1 amide bonds. The summed E-state index contributed by atoms with van der Waals surface area (Å²) in [5, 5.41) is 13.3. The van der Waals surface area contributed by atoms with Crippen LogP contribution in [0, 0.1) is 0 Å². The molecule has 0 radical (unpaired) electrons. The van der Waals surface area contributed by atoms with E-state index in [1.54, 1.807) is 7.11 Å². The van der Waals surface area contributed by atoms with Crippen molar-refractivity contribution in [2.45, 2.75) is 19.5 Å². The summed E-state index contributed by atoms with van der Waals surface area (Å²) in [6.45, 7) is 3.37. The highest BCUT2D eigenvalue weighted by Gasteiger charge is 2.21. The zero-order valence-electron chi connectivity index (χ0n) is 16.9. The molecule has 1 aliphatic heterocycles. The highest BCUT2D eigenvalue weighted by Crippen LogP contribution is 2.28. The molecule has 0 aliphatic carbocycles. The van der Waals surface area contributed by atoms with Gasteiger partial charge in [-0.05, 0) is 31.8 Å². The molecule has 8 nitrogen and oxygen atoms in total. The molecule has 3 rings (SSSR count). The first-order chi connectivity index (χ1) is 13.1. The van der Waals surface area contributed by atoms with E-state index in [1.165, 1.54) is 0 Å². The Morgan fingerprint density at radius 2 is 2.07 bits per heavy atom. The smallest absolute Gasteiger partial charge is 0.272 e. The minimum Gasteiger partial charge on any atom is -0.493 e. The SMILES string of the molecule is COc1cc(CNC(=O)c2n[nH]c3c2CNCC3)ccc1OCCN(C)C.Cl.Cl. The highest BCUT2D eigenvalue weighted by molar-refractivity contribution is 5.94. The minimum absolute atomic E-state index is 0. The third kappa shape index (κ3) is 6.50. The second-order valence-corrected chi connectivity index (χ2v) is 6.78. The maximum Gasteiger partial charge on any atom is 0.272 e. The lowest BCUT2D eigenvalue weighted by Crippen LogP contribution is -2.28. The summed E-state index contributed by atoms with van der Waals surface area (Å²) in [4.78, 5) is 14.6. The van der Waals surface area contributed by atoms with Crippen LogP contribution in [0.15, 0.2) is 18.2 Å². The number of carbonyl (C=O) groups excluding carboxylic acids is 1. The van der Waals surface area contributed by atoms with Crippen LogP contribution in [0.5, 0.6) is 11.5 Å². The van der Waals surface area contributed by atoms with Crippen molar-refractivity contribution in [1.82, 2.24) is 25.7 Å². The van der Waals surface area contributed by atoms with Crippen LogP contribution in [0.4, 0.5) is 0 Å². The molecule has 0 saturated carbocycles. The van der Waals surface area contributed by atoms with E-state index in [-0.39, 0.29) is 30.7 Å². The summed E-state index contributed by atoms with van der Waals surface area (Å²) in [5.41, 5.74) is 3.40. The van der Waals surface area contributed by atoms with Crippen LogP contribution in [0.25, 0.3) is 0 Å². The van der Waals surface area contributed by atoms with Crippen LogP contribution in [0.3, 0.4) is 0 Å².